The fraction of sp³-hybridized carbons (Fsp3) is 1.00. The lowest BCUT2D eigenvalue weighted by molar-refractivity contribution is -0.0884. The Kier molecular flexibility index (Phi) is 6.28. The molecule has 0 radical (unpaired) electrons. The second-order valence-electron chi connectivity index (χ2n) is 7.48. The molecule has 1 rings (SSSR count). The van der Waals surface area contributed by atoms with E-state index >= 15 is 0 Å². The fourth-order valence-electron chi connectivity index (χ4n) is 3.27. The Morgan fingerprint density at radius 2 is 1.68 bits per heavy atom. The van der Waals surface area contributed by atoms with E-state index in [1.165, 1.54) is 25.7 Å². The van der Waals surface area contributed by atoms with Gasteiger partial charge in [0.1, 0.15) is 0 Å². The second kappa shape index (κ2) is 7.05. The molecule has 3 nitrogen and oxygen atoms in total. The van der Waals surface area contributed by atoms with Crippen LogP contribution < -0.4 is 11.3 Å². The summed E-state index contributed by atoms with van der Waals surface area (Å²) < 4.78 is 5.94. The van der Waals surface area contributed by atoms with Crippen LogP contribution in [0.2, 0.25) is 0 Å². The molecular formula is C16H34N2O. The Morgan fingerprint density at radius 1 is 1.11 bits per heavy atom. The van der Waals surface area contributed by atoms with Gasteiger partial charge in [-0.25, -0.2) is 0 Å². The van der Waals surface area contributed by atoms with E-state index in [2.05, 4.69) is 33.1 Å². The monoisotopic (exact) mass is 270 g/mol. The van der Waals surface area contributed by atoms with Crippen LogP contribution in [-0.4, -0.2) is 18.8 Å². The lowest BCUT2D eigenvalue weighted by atomic mass is 9.68. The molecule has 114 valence electrons. The Hall–Kier alpha value is -0.120. The van der Waals surface area contributed by atoms with E-state index in [4.69, 9.17) is 10.6 Å². The number of nitrogens with two attached hydrogens (primary N) is 1. The third kappa shape index (κ3) is 4.73. The van der Waals surface area contributed by atoms with Crippen molar-refractivity contribution in [3.05, 3.63) is 0 Å². The first-order valence-electron chi connectivity index (χ1n) is 7.86. The zero-order valence-electron chi connectivity index (χ0n) is 13.6. The van der Waals surface area contributed by atoms with Crippen LogP contribution in [0, 0.1) is 11.3 Å². The summed E-state index contributed by atoms with van der Waals surface area (Å²) in [6.45, 7) is 9.27. The van der Waals surface area contributed by atoms with Crippen LogP contribution in [0.25, 0.3) is 0 Å². The number of nitrogens with one attached hydrogen (secondary N) is 1. The molecular weight excluding hydrogens is 236 g/mol. The van der Waals surface area contributed by atoms with E-state index in [0.717, 1.165) is 25.2 Å². The molecule has 0 saturated heterocycles. The first-order valence-corrected chi connectivity index (χ1v) is 7.86. The van der Waals surface area contributed by atoms with Crippen molar-refractivity contribution in [1.29, 1.82) is 0 Å². The van der Waals surface area contributed by atoms with Crippen molar-refractivity contribution in [3.63, 3.8) is 0 Å². The second-order valence-corrected chi connectivity index (χ2v) is 7.48. The van der Waals surface area contributed by atoms with E-state index in [1.54, 1.807) is 0 Å². The van der Waals surface area contributed by atoms with Gasteiger partial charge in [0, 0.05) is 7.11 Å². The maximum Gasteiger partial charge on any atom is 0.0844 e. The molecule has 3 N–H and O–H groups in total. The van der Waals surface area contributed by atoms with Gasteiger partial charge in [0.25, 0.3) is 0 Å². The maximum absolute atomic E-state index is 5.94. The molecule has 1 saturated carbocycles. The van der Waals surface area contributed by atoms with E-state index in [-0.39, 0.29) is 11.6 Å². The third-order valence-corrected chi connectivity index (χ3v) is 4.97. The van der Waals surface area contributed by atoms with Crippen LogP contribution in [0.3, 0.4) is 0 Å². The highest BCUT2D eigenvalue weighted by atomic mass is 16.5. The molecule has 0 bridgehead atoms. The number of ether oxygens (including phenoxy) is 1. The van der Waals surface area contributed by atoms with Crippen LogP contribution in [0.1, 0.15) is 72.6 Å². The summed E-state index contributed by atoms with van der Waals surface area (Å²) in [4.78, 5) is 0. The lowest BCUT2D eigenvalue weighted by Crippen LogP contribution is -2.56. The summed E-state index contributed by atoms with van der Waals surface area (Å²) in [5.41, 5.74) is 3.44. The molecule has 1 aliphatic rings. The molecule has 0 aromatic rings. The highest BCUT2D eigenvalue weighted by molar-refractivity contribution is 4.98. The van der Waals surface area contributed by atoms with Gasteiger partial charge in [0.15, 0.2) is 0 Å². The number of rotatable bonds is 7. The van der Waals surface area contributed by atoms with Gasteiger partial charge in [-0.15, -0.1) is 0 Å². The summed E-state index contributed by atoms with van der Waals surface area (Å²) in [5, 5.41) is 0. The Balaban J connectivity index is 2.60. The molecule has 1 aliphatic carbocycles. The van der Waals surface area contributed by atoms with Gasteiger partial charge in [-0.05, 0) is 43.4 Å². The minimum absolute atomic E-state index is 0.0543. The third-order valence-electron chi connectivity index (χ3n) is 4.97. The van der Waals surface area contributed by atoms with E-state index in [0.29, 0.717) is 5.41 Å². The molecule has 0 heterocycles. The van der Waals surface area contributed by atoms with Crippen LogP contribution in [0.4, 0.5) is 0 Å². The molecule has 1 atom stereocenters. The molecule has 0 aliphatic heterocycles. The standard InChI is InChI=1S/C16H34N2O/c1-13(2)7-6-8-14(18-17)16(19-5)11-9-15(3,4)10-12-16/h13-14,18H,6-12,17H2,1-5H3. The molecule has 0 spiro atoms. The van der Waals surface area contributed by atoms with Gasteiger partial charge >= 0.3 is 0 Å². The van der Waals surface area contributed by atoms with Gasteiger partial charge in [0.05, 0.1) is 11.6 Å². The topological polar surface area (TPSA) is 47.3 Å². The van der Waals surface area contributed by atoms with Crippen LogP contribution in [0.15, 0.2) is 0 Å². The van der Waals surface area contributed by atoms with E-state index < -0.39 is 0 Å². The van der Waals surface area contributed by atoms with Crippen LogP contribution in [-0.2, 0) is 4.74 Å². The van der Waals surface area contributed by atoms with Crippen LogP contribution in [0.5, 0.6) is 0 Å². The van der Waals surface area contributed by atoms with Crippen molar-refractivity contribution in [2.45, 2.75) is 84.3 Å². The molecule has 0 aromatic heterocycles. The summed E-state index contributed by atoms with van der Waals surface area (Å²) >= 11 is 0. The Morgan fingerprint density at radius 3 is 2.11 bits per heavy atom. The lowest BCUT2D eigenvalue weighted by Gasteiger charge is -2.47. The normalized spacial score (nSPS) is 23.5. The van der Waals surface area contributed by atoms with Crippen molar-refractivity contribution in [3.8, 4) is 0 Å². The first-order chi connectivity index (χ1) is 8.85. The van der Waals surface area contributed by atoms with Crippen molar-refractivity contribution in [1.82, 2.24) is 5.43 Å². The molecule has 19 heavy (non-hydrogen) atoms. The average Bonchev–Trinajstić information content (AvgIpc) is 2.36. The molecule has 1 fully saturated rings. The average molecular weight is 270 g/mol. The maximum atomic E-state index is 5.94. The number of hydrogen-bond donors (Lipinski definition) is 2. The number of methoxy groups -OCH3 is 1. The van der Waals surface area contributed by atoms with E-state index in [9.17, 15) is 0 Å². The summed E-state index contributed by atoms with van der Waals surface area (Å²) in [6.07, 6.45) is 8.29. The van der Waals surface area contributed by atoms with Crippen LogP contribution >= 0.6 is 0 Å². The highest BCUT2D eigenvalue weighted by Gasteiger charge is 2.43. The summed E-state index contributed by atoms with van der Waals surface area (Å²) in [7, 11) is 1.85. The van der Waals surface area contributed by atoms with Gasteiger partial charge in [-0.3, -0.25) is 11.3 Å². The predicted octanol–water partition coefficient (Wildman–Crippen LogP) is 3.63. The largest absolute Gasteiger partial charge is 0.377 e. The number of hydrogen-bond acceptors (Lipinski definition) is 3. The van der Waals surface area contributed by atoms with Gasteiger partial charge in [-0.2, -0.15) is 0 Å². The fourth-order valence-corrected chi connectivity index (χ4v) is 3.27. The SMILES string of the molecule is COC1(C(CCCC(C)C)NN)CCC(C)(C)CC1. The summed E-state index contributed by atoms with van der Waals surface area (Å²) in [6, 6.07) is 0.285. The smallest absolute Gasteiger partial charge is 0.0844 e. The Labute approximate surface area is 119 Å². The molecule has 1 unspecified atom stereocenters. The predicted molar refractivity (Wildman–Crippen MR) is 81.8 cm³/mol. The Bertz CT molecular complexity index is 253. The summed E-state index contributed by atoms with van der Waals surface area (Å²) in [5.74, 6) is 6.58. The van der Waals surface area contributed by atoms with Crippen molar-refractivity contribution < 1.29 is 4.74 Å². The minimum Gasteiger partial charge on any atom is -0.377 e. The zero-order valence-corrected chi connectivity index (χ0v) is 13.6. The van der Waals surface area contributed by atoms with Crippen molar-refractivity contribution in [2.24, 2.45) is 17.2 Å². The van der Waals surface area contributed by atoms with Gasteiger partial charge in [-0.1, -0.05) is 40.5 Å². The molecule has 3 heteroatoms. The molecule has 0 aromatic carbocycles. The van der Waals surface area contributed by atoms with Crippen molar-refractivity contribution in [2.75, 3.05) is 7.11 Å². The molecule has 0 amide bonds. The first kappa shape index (κ1) is 16.9. The van der Waals surface area contributed by atoms with Crippen molar-refractivity contribution >= 4 is 0 Å². The minimum atomic E-state index is -0.0543. The van der Waals surface area contributed by atoms with Gasteiger partial charge < -0.3 is 4.74 Å². The quantitative estimate of drug-likeness (QED) is 0.548. The van der Waals surface area contributed by atoms with E-state index in [1.807, 2.05) is 7.11 Å². The number of hydrazine groups is 1. The zero-order chi connectivity index (χ0) is 14.5. The highest BCUT2D eigenvalue weighted by Crippen LogP contribution is 2.44. The van der Waals surface area contributed by atoms with Gasteiger partial charge in [0.2, 0.25) is 0 Å².